The first-order valence-corrected chi connectivity index (χ1v) is 6.66. The van der Waals surface area contributed by atoms with Crippen LogP contribution < -0.4 is 5.73 Å². The summed E-state index contributed by atoms with van der Waals surface area (Å²) in [6.45, 7) is 3.42. The third kappa shape index (κ3) is 3.54. The van der Waals surface area contributed by atoms with Gasteiger partial charge in [-0.25, -0.2) is 0 Å². The van der Waals surface area contributed by atoms with Gasteiger partial charge in [0.25, 0.3) is 0 Å². The Bertz CT molecular complexity index is 375. The molecule has 1 aromatic rings. The summed E-state index contributed by atoms with van der Waals surface area (Å²) in [4.78, 5) is 4.82. The highest BCUT2D eigenvalue weighted by Crippen LogP contribution is 2.13. The van der Waals surface area contributed by atoms with Gasteiger partial charge < -0.3 is 15.5 Å². The molecule has 5 heteroatoms. The van der Waals surface area contributed by atoms with E-state index in [1.807, 2.05) is 17.9 Å². The maximum atomic E-state index is 6.27. The lowest BCUT2D eigenvalue weighted by atomic mass is 9.99. The molecular formula is C13H25N5. The molecule has 1 aliphatic rings. The van der Waals surface area contributed by atoms with E-state index in [0.29, 0.717) is 6.04 Å². The smallest absolute Gasteiger partial charge is 0.0522 e. The summed E-state index contributed by atoms with van der Waals surface area (Å²) in [6.07, 6.45) is 5.94. The molecule has 2 rings (SSSR count). The molecule has 102 valence electrons. The van der Waals surface area contributed by atoms with Crippen LogP contribution >= 0.6 is 0 Å². The average Bonchev–Trinajstić information content (AvgIpc) is 2.69. The fourth-order valence-corrected chi connectivity index (χ4v) is 2.67. The number of aryl methyl sites for hydroxylation is 1. The number of likely N-dealkylation sites (N-methyl/N-ethyl adjacent to an activating group) is 2. The van der Waals surface area contributed by atoms with Crippen molar-refractivity contribution >= 4 is 0 Å². The second-order valence-corrected chi connectivity index (χ2v) is 5.62. The Morgan fingerprint density at radius 3 is 2.83 bits per heavy atom. The van der Waals surface area contributed by atoms with Crippen molar-refractivity contribution < 1.29 is 0 Å². The molecule has 0 bridgehead atoms. The lowest BCUT2D eigenvalue weighted by molar-refractivity contribution is 0.104. The van der Waals surface area contributed by atoms with Crippen LogP contribution in [0.3, 0.4) is 0 Å². The van der Waals surface area contributed by atoms with Gasteiger partial charge in [0.15, 0.2) is 0 Å². The molecule has 18 heavy (non-hydrogen) atoms. The fourth-order valence-electron chi connectivity index (χ4n) is 2.67. The summed E-state index contributed by atoms with van der Waals surface area (Å²) >= 11 is 0. The first-order chi connectivity index (χ1) is 8.54. The molecule has 2 atom stereocenters. The zero-order valence-corrected chi connectivity index (χ0v) is 11.7. The van der Waals surface area contributed by atoms with Gasteiger partial charge in [0.2, 0.25) is 0 Å². The molecule has 2 heterocycles. The largest absolute Gasteiger partial charge is 0.327 e. The number of hydrogen-bond donors (Lipinski definition) is 1. The van der Waals surface area contributed by atoms with Gasteiger partial charge in [0.1, 0.15) is 0 Å². The van der Waals surface area contributed by atoms with Crippen molar-refractivity contribution in [2.24, 2.45) is 12.8 Å². The highest BCUT2D eigenvalue weighted by molar-refractivity contribution is 5.06. The van der Waals surface area contributed by atoms with Crippen molar-refractivity contribution in [3.05, 3.63) is 18.0 Å². The van der Waals surface area contributed by atoms with E-state index >= 15 is 0 Å². The van der Waals surface area contributed by atoms with E-state index in [1.54, 1.807) is 0 Å². The molecule has 2 N–H and O–H groups in total. The summed E-state index contributed by atoms with van der Waals surface area (Å²) in [5, 5.41) is 4.19. The third-order valence-electron chi connectivity index (χ3n) is 3.81. The topological polar surface area (TPSA) is 50.3 Å². The SMILES string of the molecule is CN1CCN(C)C(CC(N)Cc2cnn(C)c2)C1. The van der Waals surface area contributed by atoms with Crippen LogP contribution in [0.2, 0.25) is 0 Å². The Morgan fingerprint density at radius 2 is 2.17 bits per heavy atom. The highest BCUT2D eigenvalue weighted by atomic mass is 15.3. The average molecular weight is 251 g/mol. The summed E-state index contributed by atoms with van der Waals surface area (Å²) in [5.41, 5.74) is 7.50. The predicted molar refractivity (Wildman–Crippen MR) is 73.4 cm³/mol. The van der Waals surface area contributed by atoms with Crippen LogP contribution in [-0.2, 0) is 13.5 Å². The molecule has 1 aromatic heterocycles. The third-order valence-corrected chi connectivity index (χ3v) is 3.81. The summed E-state index contributed by atoms with van der Waals surface area (Å²) < 4.78 is 1.84. The Kier molecular flexibility index (Phi) is 4.37. The van der Waals surface area contributed by atoms with Crippen LogP contribution in [0.5, 0.6) is 0 Å². The Morgan fingerprint density at radius 1 is 1.39 bits per heavy atom. The minimum atomic E-state index is 0.216. The van der Waals surface area contributed by atoms with E-state index in [9.17, 15) is 0 Å². The number of hydrogen-bond acceptors (Lipinski definition) is 4. The Balaban J connectivity index is 1.84. The van der Waals surface area contributed by atoms with Crippen molar-refractivity contribution in [3.63, 3.8) is 0 Å². The molecule has 0 radical (unpaired) electrons. The van der Waals surface area contributed by atoms with Crippen LogP contribution in [0, 0.1) is 0 Å². The number of nitrogens with zero attached hydrogens (tertiary/aromatic N) is 4. The second kappa shape index (κ2) is 5.82. The van der Waals surface area contributed by atoms with Crippen LogP contribution in [0.15, 0.2) is 12.4 Å². The van der Waals surface area contributed by atoms with Crippen molar-refractivity contribution in [2.75, 3.05) is 33.7 Å². The van der Waals surface area contributed by atoms with E-state index in [-0.39, 0.29) is 6.04 Å². The number of rotatable bonds is 4. The zero-order chi connectivity index (χ0) is 13.1. The first-order valence-electron chi connectivity index (χ1n) is 6.66. The first kappa shape index (κ1) is 13.5. The maximum Gasteiger partial charge on any atom is 0.0522 e. The summed E-state index contributed by atoms with van der Waals surface area (Å²) in [5.74, 6) is 0. The van der Waals surface area contributed by atoms with Crippen molar-refractivity contribution in [1.29, 1.82) is 0 Å². The van der Waals surface area contributed by atoms with E-state index in [1.165, 1.54) is 5.56 Å². The van der Waals surface area contributed by atoms with Crippen molar-refractivity contribution in [3.8, 4) is 0 Å². The second-order valence-electron chi connectivity index (χ2n) is 5.62. The molecule has 0 spiro atoms. The standard InChI is InChI=1S/C13H25N5/c1-16-4-5-17(2)13(10-16)7-12(14)6-11-8-15-18(3)9-11/h8-9,12-13H,4-7,10,14H2,1-3H3. The monoisotopic (exact) mass is 251 g/mol. The molecule has 0 saturated carbocycles. The summed E-state index contributed by atoms with van der Waals surface area (Å²) in [7, 11) is 6.33. The number of nitrogens with two attached hydrogens (primary N) is 1. The molecule has 5 nitrogen and oxygen atoms in total. The molecule has 0 aliphatic carbocycles. The highest BCUT2D eigenvalue weighted by Gasteiger charge is 2.24. The van der Waals surface area contributed by atoms with Gasteiger partial charge in [-0.3, -0.25) is 4.68 Å². The maximum absolute atomic E-state index is 6.27. The van der Waals surface area contributed by atoms with Crippen LogP contribution in [0.4, 0.5) is 0 Å². The van der Waals surface area contributed by atoms with Crippen LogP contribution in [0.1, 0.15) is 12.0 Å². The van der Waals surface area contributed by atoms with Gasteiger partial charge in [0.05, 0.1) is 6.20 Å². The van der Waals surface area contributed by atoms with E-state index in [4.69, 9.17) is 5.73 Å². The molecule has 1 aliphatic heterocycles. The molecule has 0 amide bonds. The van der Waals surface area contributed by atoms with Crippen LogP contribution in [0.25, 0.3) is 0 Å². The number of piperazine rings is 1. The Hall–Kier alpha value is -0.910. The lowest BCUT2D eigenvalue weighted by Crippen LogP contribution is -2.51. The van der Waals surface area contributed by atoms with Crippen molar-refractivity contribution in [2.45, 2.75) is 24.9 Å². The minimum absolute atomic E-state index is 0.216. The Labute approximate surface area is 110 Å². The van der Waals surface area contributed by atoms with Gasteiger partial charge in [-0.15, -0.1) is 0 Å². The van der Waals surface area contributed by atoms with E-state index < -0.39 is 0 Å². The summed E-state index contributed by atoms with van der Waals surface area (Å²) in [6, 6.07) is 0.795. The minimum Gasteiger partial charge on any atom is -0.327 e. The number of aromatic nitrogens is 2. The van der Waals surface area contributed by atoms with Gasteiger partial charge in [-0.1, -0.05) is 0 Å². The molecular weight excluding hydrogens is 226 g/mol. The van der Waals surface area contributed by atoms with Gasteiger partial charge >= 0.3 is 0 Å². The van der Waals surface area contributed by atoms with Gasteiger partial charge in [0, 0.05) is 45.0 Å². The van der Waals surface area contributed by atoms with Crippen molar-refractivity contribution in [1.82, 2.24) is 19.6 Å². The normalized spacial score (nSPS) is 24.3. The molecule has 1 fully saturated rings. The molecule has 1 saturated heterocycles. The van der Waals surface area contributed by atoms with Crippen LogP contribution in [-0.4, -0.2) is 65.4 Å². The quantitative estimate of drug-likeness (QED) is 0.813. The lowest BCUT2D eigenvalue weighted by Gasteiger charge is -2.38. The van der Waals surface area contributed by atoms with E-state index in [0.717, 1.165) is 32.5 Å². The fraction of sp³-hybridized carbons (Fsp3) is 0.769. The molecule has 0 aromatic carbocycles. The molecule has 2 unspecified atom stereocenters. The van der Waals surface area contributed by atoms with E-state index in [2.05, 4.69) is 35.2 Å². The predicted octanol–water partition coefficient (Wildman–Crippen LogP) is -0.0742. The van der Waals surface area contributed by atoms with Gasteiger partial charge in [-0.05, 0) is 32.5 Å². The zero-order valence-electron chi connectivity index (χ0n) is 11.7. The van der Waals surface area contributed by atoms with Gasteiger partial charge in [-0.2, -0.15) is 5.10 Å².